The fraction of sp³-hybridized carbons (Fsp3) is 0.294. The van der Waals surface area contributed by atoms with Gasteiger partial charge in [-0.15, -0.1) is 0 Å². The highest BCUT2D eigenvalue weighted by Crippen LogP contribution is 2.22. The standard InChI is InChI=1S/C17H20N4O3S/c1-12(2)17-20-15(11-21(17)3)25(22,23)19-10-13-6-4-8-18-16(13)14-7-5-9-24-14/h4-9,11-12,19H,10H2,1-3H3. The monoisotopic (exact) mass is 360 g/mol. The Hall–Kier alpha value is -2.45. The van der Waals surface area contributed by atoms with E-state index in [1.54, 1.807) is 42.3 Å². The maximum absolute atomic E-state index is 12.6. The van der Waals surface area contributed by atoms with Crippen molar-refractivity contribution in [3.8, 4) is 11.5 Å². The van der Waals surface area contributed by atoms with Gasteiger partial charge in [-0.05, 0) is 23.8 Å². The van der Waals surface area contributed by atoms with Gasteiger partial charge in [0, 0.05) is 31.9 Å². The van der Waals surface area contributed by atoms with Crippen molar-refractivity contribution in [2.75, 3.05) is 0 Å². The first-order valence-electron chi connectivity index (χ1n) is 7.89. The molecule has 0 spiro atoms. The molecule has 3 aromatic rings. The molecule has 0 aliphatic rings. The van der Waals surface area contributed by atoms with Gasteiger partial charge in [0.15, 0.2) is 10.8 Å². The molecule has 132 valence electrons. The van der Waals surface area contributed by atoms with E-state index in [0.717, 1.165) is 11.4 Å². The summed E-state index contributed by atoms with van der Waals surface area (Å²) in [7, 11) is -1.93. The molecule has 0 aliphatic heterocycles. The Labute approximate surface area is 146 Å². The Morgan fingerprint density at radius 1 is 1.28 bits per heavy atom. The summed E-state index contributed by atoms with van der Waals surface area (Å²) >= 11 is 0. The number of aryl methyl sites for hydroxylation is 1. The second-order valence-corrected chi connectivity index (χ2v) is 7.73. The van der Waals surface area contributed by atoms with Crippen molar-refractivity contribution in [3.05, 3.63) is 54.3 Å². The summed E-state index contributed by atoms with van der Waals surface area (Å²) in [5, 5.41) is 0.0159. The molecule has 0 atom stereocenters. The highest BCUT2D eigenvalue weighted by atomic mass is 32.2. The van der Waals surface area contributed by atoms with Crippen LogP contribution in [0.1, 0.15) is 31.2 Å². The van der Waals surface area contributed by atoms with E-state index in [9.17, 15) is 8.42 Å². The molecule has 7 nitrogen and oxygen atoms in total. The summed E-state index contributed by atoms with van der Waals surface area (Å²) in [5.74, 6) is 1.45. The summed E-state index contributed by atoms with van der Waals surface area (Å²) in [5.41, 5.74) is 1.33. The lowest BCUT2D eigenvalue weighted by atomic mass is 10.1. The van der Waals surface area contributed by atoms with Crippen LogP contribution in [-0.4, -0.2) is 23.0 Å². The zero-order valence-corrected chi connectivity index (χ0v) is 15.1. The van der Waals surface area contributed by atoms with Crippen LogP contribution in [0, 0.1) is 0 Å². The number of rotatable bonds is 6. The van der Waals surface area contributed by atoms with Crippen LogP contribution in [0.3, 0.4) is 0 Å². The highest BCUT2D eigenvalue weighted by molar-refractivity contribution is 7.89. The van der Waals surface area contributed by atoms with Crippen LogP contribution in [0.4, 0.5) is 0 Å². The topological polar surface area (TPSA) is 90.0 Å². The van der Waals surface area contributed by atoms with Gasteiger partial charge in [-0.2, -0.15) is 0 Å². The third-order valence-corrected chi connectivity index (χ3v) is 5.05. The van der Waals surface area contributed by atoms with Gasteiger partial charge < -0.3 is 8.98 Å². The minimum atomic E-state index is -3.72. The van der Waals surface area contributed by atoms with E-state index in [2.05, 4.69) is 14.7 Å². The number of aromatic nitrogens is 3. The number of nitrogens with zero attached hydrogens (tertiary/aromatic N) is 3. The Bertz CT molecular complexity index is 960. The van der Waals surface area contributed by atoms with Gasteiger partial charge in [0.25, 0.3) is 10.0 Å². The van der Waals surface area contributed by atoms with Crippen molar-refractivity contribution in [1.82, 2.24) is 19.3 Å². The molecule has 0 unspecified atom stereocenters. The first-order chi connectivity index (χ1) is 11.9. The maximum Gasteiger partial charge on any atom is 0.259 e. The van der Waals surface area contributed by atoms with Crippen LogP contribution in [0.15, 0.2) is 52.4 Å². The van der Waals surface area contributed by atoms with E-state index >= 15 is 0 Å². The molecule has 8 heteroatoms. The molecule has 0 aliphatic carbocycles. The largest absolute Gasteiger partial charge is 0.463 e. The average molecular weight is 360 g/mol. The van der Waals surface area contributed by atoms with E-state index < -0.39 is 10.0 Å². The molecule has 3 rings (SSSR count). The molecular weight excluding hydrogens is 340 g/mol. The third kappa shape index (κ3) is 3.64. The van der Waals surface area contributed by atoms with Gasteiger partial charge in [-0.3, -0.25) is 4.98 Å². The van der Waals surface area contributed by atoms with Crippen molar-refractivity contribution in [1.29, 1.82) is 0 Å². The Kier molecular flexibility index (Phi) is 4.73. The van der Waals surface area contributed by atoms with Gasteiger partial charge in [-0.25, -0.2) is 18.1 Å². The lowest BCUT2D eigenvalue weighted by Crippen LogP contribution is -2.24. The van der Waals surface area contributed by atoms with Crippen molar-refractivity contribution in [3.63, 3.8) is 0 Å². The summed E-state index contributed by atoms with van der Waals surface area (Å²) in [4.78, 5) is 8.53. The smallest absolute Gasteiger partial charge is 0.259 e. The summed E-state index contributed by atoms with van der Waals surface area (Å²) in [6, 6.07) is 7.12. The van der Waals surface area contributed by atoms with E-state index in [1.165, 1.54) is 6.20 Å². The van der Waals surface area contributed by atoms with Gasteiger partial charge in [0.1, 0.15) is 11.5 Å². The minimum Gasteiger partial charge on any atom is -0.463 e. The number of sulfonamides is 1. The molecule has 25 heavy (non-hydrogen) atoms. The number of hydrogen-bond acceptors (Lipinski definition) is 5. The number of hydrogen-bond donors (Lipinski definition) is 1. The zero-order valence-electron chi connectivity index (χ0n) is 14.3. The lowest BCUT2D eigenvalue weighted by molar-refractivity contribution is 0.573. The Morgan fingerprint density at radius 2 is 2.08 bits per heavy atom. The molecule has 0 radical (unpaired) electrons. The molecule has 0 amide bonds. The Morgan fingerprint density at radius 3 is 2.72 bits per heavy atom. The predicted molar refractivity (Wildman–Crippen MR) is 93.3 cm³/mol. The van der Waals surface area contributed by atoms with Gasteiger partial charge in [-0.1, -0.05) is 19.9 Å². The molecule has 0 fully saturated rings. The van der Waals surface area contributed by atoms with Crippen LogP contribution in [0.25, 0.3) is 11.5 Å². The number of nitrogens with one attached hydrogen (secondary N) is 1. The van der Waals surface area contributed by atoms with E-state index in [0.29, 0.717) is 11.5 Å². The van der Waals surface area contributed by atoms with E-state index in [1.807, 2.05) is 19.9 Å². The molecule has 0 saturated carbocycles. The molecule has 0 saturated heterocycles. The van der Waals surface area contributed by atoms with Crippen molar-refractivity contribution >= 4 is 10.0 Å². The van der Waals surface area contributed by atoms with Crippen LogP contribution >= 0.6 is 0 Å². The molecule has 0 aromatic carbocycles. The number of furan rings is 1. The highest BCUT2D eigenvalue weighted by Gasteiger charge is 2.21. The van der Waals surface area contributed by atoms with Gasteiger partial charge in [0.2, 0.25) is 0 Å². The molecule has 3 aromatic heterocycles. The molecule has 1 N–H and O–H groups in total. The van der Waals surface area contributed by atoms with Crippen molar-refractivity contribution < 1.29 is 12.8 Å². The molecular formula is C17H20N4O3S. The quantitative estimate of drug-likeness (QED) is 0.730. The first-order valence-corrected chi connectivity index (χ1v) is 9.37. The fourth-order valence-corrected chi connectivity index (χ4v) is 3.59. The lowest BCUT2D eigenvalue weighted by Gasteiger charge is -2.08. The van der Waals surface area contributed by atoms with Gasteiger partial charge >= 0.3 is 0 Å². The van der Waals surface area contributed by atoms with Crippen LogP contribution in [0.5, 0.6) is 0 Å². The predicted octanol–water partition coefficient (Wildman–Crippen LogP) is 2.68. The molecule has 3 heterocycles. The summed E-state index contributed by atoms with van der Waals surface area (Å²) in [6.45, 7) is 4.04. The number of imidazole rings is 1. The maximum atomic E-state index is 12.6. The van der Waals surface area contributed by atoms with Crippen LogP contribution in [0.2, 0.25) is 0 Å². The SMILES string of the molecule is CC(C)c1nc(S(=O)(=O)NCc2cccnc2-c2ccco2)cn1C. The zero-order chi connectivity index (χ0) is 18.0. The third-order valence-electron chi connectivity index (χ3n) is 3.78. The van der Waals surface area contributed by atoms with Crippen LogP contribution < -0.4 is 4.72 Å². The average Bonchev–Trinajstić information content (AvgIpc) is 3.23. The fourth-order valence-electron chi connectivity index (χ4n) is 2.58. The summed E-state index contributed by atoms with van der Waals surface area (Å²) < 4.78 is 34.8. The normalized spacial score (nSPS) is 12.0. The van der Waals surface area contributed by atoms with E-state index in [4.69, 9.17) is 4.42 Å². The minimum absolute atomic E-state index is 0.0159. The first kappa shape index (κ1) is 17.4. The van der Waals surface area contributed by atoms with E-state index in [-0.39, 0.29) is 17.5 Å². The summed E-state index contributed by atoms with van der Waals surface area (Å²) in [6.07, 6.45) is 4.72. The van der Waals surface area contributed by atoms with Crippen molar-refractivity contribution in [2.45, 2.75) is 31.3 Å². The second-order valence-electron chi connectivity index (χ2n) is 6.02. The van der Waals surface area contributed by atoms with Crippen LogP contribution in [-0.2, 0) is 23.6 Å². The molecule has 0 bridgehead atoms. The van der Waals surface area contributed by atoms with Gasteiger partial charge in [0.05, 0.1) is 6.26 Å². The second kappa shape index (κ2) is 6.81. The van der Waals surface area contributed by atoms with Crippen molar-refractivity contribution in [2.24, 2.45) is 7.05 Å². The Balaban J connectivity index is 1.83. The number of pyridine rings is 1.